The van der Waals surface area contributed by atoms with Gasteiger partial charge in [0.05, 0.1) is 19.6 Å². The van der Waals surface area contributed by atoms with Gasteiger partial charge in [-0.15, -0.1) is 0 Å². The van der Waals surface area contributed by atoms with Gasteiger partial charge in [-0.2, -0.15) is 0 Å². The Morgan fingerprint density at radius 2 is 1.66 bits per heavy atom. The molecule has 5 nitrogen and oxygen atoms in total. The number of methoxy groups -OCH3 is 1. The molecule has 1 aliphatic heterocycles. The summed E-state index contributed by atoms with van der Waals surface area (Å²) < 4.78 is 13.9. The Labute approximate surface area is 207 Å². The normalized spacial score (nSPS) is 11.1. The maximum atomic E-state index is 12.2. The molecule has 0 fully saturated rings. The largest absolute Gasteiger partial charge is 0.469 e. The van der Waals surface area contributed by atoms with Crippen LogP contribution < -0.4 is 14.8 Å². The molecule has 0 atom stereocenters. The van der Waals surface area contributed by atoms with E-state index >= 15 is 0 Å². The van der Waals surface area contributed by atoms with Crippen LogP contribution in [-0.4, -0.2) is 39.3 Å². The minimum absolute atomic E-state index is 0.219. The number of anilines is 1. The van der Waals surface area contributed by atoms with Crippen LogP contribution in [0.3, 0.4) is 0 Å². The number of hydrogen-bond donors (Lipinski definition) is 0. The lowest BCUT2D eigenvalue weighted by Gasteiger charge is -2.22. The molecule has 0 bridgehead atoms. The number of carbonyl (C=O) groups is 1. The van der Waals surface area contributed by atoms with Crippen LogP contribution in [0, 0.1) is 0 Å². The quantitative estimate of drug-likeness (QED) is 0.191. The van der Waals surface area contributed by atoms with Crippen LogP contribution in [0.25, 0.3) is 33.4 Å². The van der Waals surface area contributed by atoms with Gasteiger partial charge in [0.15, 0.2) is 0 Å². The number of benzene rings is 3. The summed E-state index contributed by atoms with van der Waals surface area (Å²) in [6.45, 7) is 12.4. The van der Waals surface area contributed by atoms with Crippen molar-refractivity contribution in [3.8, 4) is 22.5 Å². The molecule has 0 saturated heterocycles. The topological polar surface area (TPSA) is 45.7 Å². The van der Waals surface area contributed by atoms with Gasteiger partial charge in [0.1, 0.15) is 24.4 Å². The van der Waals surface area contributed by atoms with E-state index in [1.807, 2.05) is 18.2 Å². The predicted molar refractivity (Wildman–Crippen MR) is 144 cm³/mol. The molecule has 2 aliphatic rings. The van der Waals surface area contributed by atoms with E-state index in [-0.39, 0.29) is 12.4 Å². The zero-order valence-corrected chi connectivity index (χ0v) is 21.4. The molecule has 0 aromatic heterocycles. The Bertz CT molecular complexity index is 1380. The van der Waals surface area contributed by atoms with E-state index in [0.717, 1.165) is 76.2 Å². The van der Waals surface area contributed by atoms with Crippen molar-refractivity contribution in [2.45, 2.75) is 34.1 Å². The molecule has 2 aromatic rings. The molecule has 1 aliphatic carbocycles. The van der Waals surface area contributed by atoms with E-state index in [1.165, 1.54) is 7.11 Å². The molecular formula is C30H35N2O3+. The van der Waals surface area contributed by atoms with E-state index in [4.69, 9.17) is 9.15 Å². The van der Waals surface area contributed by atoms with Gasteiger partial charge in [0, 0.05) is 47.4 Å². The van der Waals surface area contributed by atoms with E-state index in [9.17, 15) is 4.79 Å². The summed E-state index contributed by atoms with van der Waals surface area (Å²) in [6, 6.07) is 21.0. The van der Waals surface area contributed by atoms with Crippen molar-refractivity contribution in [2.75, 3.05) is 38.2 Å². The molecular weight excluding hydrogens is 436 g/mol. The van der Waals surface area contributed by atoms with Crippen LogP contribution in [0.5, 0.6) is 0 Å². The lowest BCUT2D eigenvalue weighted by molar-refractivity contribution is -0.139. The number of nitrogens with zero attached hydrogens (tertiary/aromatic N) is 2. The zero-order chi connectivity index (χ0) is 24.9. The second-order valence-corrected chi connectivity index (χ2v) is 8.59. The molecule has 2 aromatic carbocycles. The van der Waals surface area contributed by atoms with E-state index in [2.05, 4.69) is 79.6 Å². The first-order valence-electron chi connectivity index (χ1n) is 12.5. The number of fused-ring (bicyclic) bond motifs is 2. The summed E-state index contributed by atoms with van der Waals surface area (Å²) in [7, 11) is 1.43. The van der Waals surface area contributed by atoms with Gasteiger partial charge in [-0.1, -0.05) is 24.3 Å². The van der Waals surface area contributed by atoms with Crippen molar-refractivity contribution in [2.24, 2.45) is 0 Å². The van der Waals surface area contributed by atoms with Gasteiger partial charge in [-0.25, -0.2) is 4.58 Å². The molecule has 1 heterocycles. The van der Waals surface area contributed by atoms with Gasteiger partial charge in [-0.3, -0.25) is 4.79 Å². The third-order valence-corrected chi connectivity index (χ3v) is 6.80. The van der Waals surface area contributed by atoms with E-state index < -0.39 is 0 Å². The maximum Gasteiger partial charge on any atom is 0.309 e. The van der Waals surface area contributed by atoms with Crippen LogP contribution in [-0.2, 0) is 16.0 Å². The lowest BCUT2D eigenvalue weighted by Crippen LogP contribution is -2.29. The highest BCUT2D eigenvalue weighted by Gasteiger charge is 2.21. The molecule has 182 valence electrons. The number of ether oxygens (including phenoxy) is 1. The summed E-state index contributed by atoms with van der Waals surface area (Å²) in [5.74, 6) is 0.584. The van der Waals surface area contributed by atoms with Gasteiger partial charge < -0.3 is 14.1 Å². The smallest absolute Gasteiger partial charge is 0.309 e. The Kier molecular flexibility index (Phi) is 7.54. The van der Waals surface area contributed by atoms with Crippen molar-refractivity contribution in [3.63, 3.8) is 0 Å². The first-order chi connectivity index (χ1) is 17.0. The van der Waals surface area contributed by atoms with Crippen LogP contribution >= 0.6 is 0 Å². The summed E-state index contributed by atoms with van der Waals surface area (Å²) in [6.07, 6.45) is 0.219. The highest BCUT2D eigenvalue weighted by molar-refractivity contribution is 6.03. The molecule has 0 radical (unpaired) electrons. The van der Waals surface area contributed by atoms with Gasteiger partial charge in [-0.05, 0) is 57.0 Å². The maximum absolute atomic E-state index is 12.2. The van der Waals surface area contributed by atoms with Crippen LogP contribution in [0.15, 0.2) is 65.1 Å². The molecule has 5 heteroatoms. The molecule has 0 amide bonds. The number of hydrogen-bond acceptors (Lipinski definition) is 4. The average molecular weight is 472 g/mol. The molecule has 0 unspecified atom stereocenters. The Balaban J connectivity index is 2.08. The number of carbonyl (C=O) groups excluding carboxylic acids is 1. The third-order valence-electron chi connectivity index (χ3n) is 6.80. The van der Waals surface area contributed by atoms with Crippen LogP contribution in [0.2, 0.25) is 0 Å². The lowest BCUT2D eigenvalue weighted by atomic mass is 9.90. The fraction of sp³-hybridized carbons (Fsp3) is 0.333. The van der Waals surface area contributed by atoms with Crippen molar-refractivity contribution in [1.29, 1.82) is 0 Å². The third kappa shape index (κ3) is 4.81. The minimum Gasteiger partial charge on any atom is -0.469 e. The summed E-state index contributed by atoms with van der Waals surface area (Å²) in [5, 5.41) is 2.17. The van der Waals surface area contributed by atoms with Crippen molar-refractivity contribution in [3.05, 3.63) is 71.6 Å². The summed E-state index contributed by atoms with van der Waals surface area (Å²) >= 11 is 0. The molecule has 35 heavy (non-hydrogen) atoms. The van der Waals surface area contributed by atoms with Crippen molar-refractivity contribution >= 4 is 22.6 Å². The van der Waals surface area contributed by atoms with E-state index in [1.54, 1.807) is 0 Å². The molecule has 0 spiro atoms. The molecule has 0 saturated carbocycles. The molecule has 4 rings (SSSR count). The average Bonchev–Trinajstić information content (AvgIpc) is 2.89. The summed E-state index contributed by atoms with van der Waals surface area (Å²) in [5.41, 5.74) is 6.05. The monoisotopic (exact) mass is 471 g/mol. The first-order valence-corrected chi connectivity index (χ1v) is 12.5. The highest BCUT2D eigenvalue weighted by atomic mass is 16.5. The Morgan fingerprint density at radius 3 is 2.34 bits per heavy atom. The minimum atomic E-state index is -0.251. The van der Waals surface area contributed by atoms with E-state index in [0.29, 0.717) is 0 Å². The van der Waals surface area contributed by atoms with Crippen molar-refractivity contribution in [1.82, 2.24) is 4.58 Å². The van der Waals surface area contributed by atoms with Gasteiger partial charge in [0.2, 0.25) is 5.36 Å². The zero-order valence-electron chi connectivity index (χ0n) is 21.4. The standard InChI is InChI=1S/C30H35N2O3/c1-6-31(7-2)22-14-16-25-27(19-22)35-28-20-23(32(8-3)9-4)15-17-26(28)30(25)24-13-11-10-12-21(24)18-29(33)34-5/h10-17,19-20H,6-9,18H2,1-5H3/q+1. The van der Waals surface area contributed by atoms with Crippen LogP contribution in [0.4, 0.5) is 5.69 Å². The fourth-order valence-electron chi connectivity index (χ4n) is 4.87. The van der Waals surface area contributed by atoms with Crippen molar-refractivity contribution < 1.29 is 13.9 Å². The van der Waals surface area contributed by atoms with Gasteiger partial charge >= 0.3 is 5.97 Å². The highest BCUT2D eigenvalue weighted by Crippen LogP contribution is 2.42. The van der Waals surface area contributed by atoms with Gasteiger partial charge in [0.25, 0.3) is 0 Å². The summed E-state index contributed by atoms with van der Waals surface area (Å²) in [4.78, 5) is 14.5. The SMILES string of the molecule is CCN(CC)c1ccc2c(-c3ccccc3CC(=O)OC)c3ccc(=[N+](CC)CC)cc-3oc2c1. The second kappa shape index (κ2) is 10.8. The molecule has 0 N–H and O–H groups in total. The van der Waals surface area contributed by atoms with Crippen LogP contribution in [0.1, 0.15) is 33.3 Å². The Morgan fingerprint density at radius 1 is 0.914 bits per heavy atom. The predicted octanol–water partition coefficient (Wildman–Crippen LogP) is 5.58. The number of esters is 1. The fourth-order valence-corrected chi connectivity index (χ4v) is 4.87. The first kappa shape index (κ1) is 24.5. The number of rotatable bonds is 8. The Hall–Kier alpha value is -3.60. The second-order valence-electron chi connectivity index (χ2n) is 8.59.